The third-order valence-corrected chi connectivity index (χ3v) is 4.91. The lowest BCUT2D eigenvalue weighted by Crippen LogP contribution is -2.56. The number of aliphatic hydroxyl groups excluding tert-OH is 1. The van der Waals surface area contributed by atoms with Crippen LogP contribution in [0.25, 0.3) is 0 Å². The lowest BCUT2D eigenvalue weighted by Gasteiger charge is -2.46. The van der Waals surface area contributed by atoms with Gasteiger partial charge in [-0.1, -0.05) is 0 Å². The summed E-state index contributed by atoms with van der Waals surface area (Å²) >= 11 is 0. The van der Waals surface area contributed by atoms with Crippen molar-refractivity contribution in [2.45, 2.75) is 43.6 Å². The number of amides is 1. The Hall–Kier alpha value is -1.61. The second-order valence-corrected chi connectivity index (χ2v) is 6.40. The van der Waals surface area contributed by atoms with E-state index in [9.17, 15) is 23.1 Å². The number of rotatable bonds is 1. The summed E-state index contributed by atoms with van der Waals surface area (Å²) < 4.78 is 44.9. The predicted molar refractivity (Wildman–Crippen MR) is 77.3 cm³/mol. The van der Waals surface area contributed by atoms with E-state index in [1.807, 2.05) is 0 Å². The van der Waals surface area contributed by atoms with E-state index >= 15 is 0 Å². The molecule has 6 nitrogen and oxygen atoms in total. The standard InChI is InChI=1S/C15H20F3N3O3/c1-20-10(9-11(19-20)15(16,17)18)13(23)21-6-4-14(5-7-21)12(22)3-2-8-24-14/h9,12,22H,2-8H2,1H3/t12-/m1/s1. The van der Waals surface area contributed by atoms with Gasteiger partial charge in [-0.05, 0) is 25.7 Å². The van der Waals surface area contributed by atoms with Gasteiger partial charge >= 0.3 is 6.18 Å². The van der Waals surface area contributed by atoms with E-state index in [-0.39, 0.29) is 5.69 Å². The molecular formula is C15H20F3N3O3. The van der Waals surface area contributed by atoms with Crippen LogP contribution in [0.3, 0.4) is 0 Å². The molecule has 0 saturated carbocycles. The van der Waals surface area contributed by atoms with Gasteiger partial charge in [0.1, 0.15) is 5.69 Å². The van der Waals surface area contributed by atoms with Crippen LogP contribution in [0.5, 0.6) is 0 Å². The predicted octanol–water partition coefficient (Wildman–Crippen LogP) is 1.58. The second-order valence-electron chi connectivity index (χ2n) is 6.40. The van der Waals surface area contributed by atoms with Gasteiger partial charge < -0.3 is 14.7 Å². The van der Waals surface area contributed by atoms with Crippen molar-refractivity contribution in [1.82, 2.24) is 14.7 Å². The molecule has 3 heterocycles. The molecule has 1 aromatic heterocycles. The normalized spacial score (nSPS) is 24.4. The van der Waals surface area contributed by atoms with E-state index in [4.69, 9.17) is 4.74 Å². The molecule has 0 aliphatic carbocycles. The number of alkyl halides is 3. The summed E-state index contributed by atoms with van der Waals surface area (Å²) in [6.07, 6.45) is -2.71. The largest absolute Gasteiger partial charge is 0.435 e. The van der Waals surface area contributed by atoms with Crippen LogP contribution in [0.2, 0.25) is 0 Å². The van der Waals surface area contributed by atoms with Crippen molar-refractivity contribution in [2.24, 2.45) is 7.05 Å². The second kappa shape index (κ2) is 6.03. The maximum Gasteiger partial charge on any atom is 0.435 e. The Morgan fingerprint density at radius 3 is 2.62 bits per heavy atom. The minimum absolute atomic E-state index is 0.0941. The fourth-order valence-corrected chi connectivity index (χ4v) is 3.45. The Balaban J connectivity index is 1.71. The van der Waals surface area contributed by atoms with Gasteiger partial charge in [0.2, 0.25) is 0 Å². The molecule has 2 aliphatic heterocycles. The number of likely N-dealkylation sites (tertiary alicyclic amines) is 1. The van der Waals surface area contributed by atoms with Crippen molar-refractivity contribution in [1.29, 1.82) is 0 Å². The van der Waals surface area contributed by atoms with Crippen molar-refractivity contribution >= 4 is 5.91 Å². The van der Waals surface area contributed by atoms with Crippen molar-refractivity contribution in [2.75, 3.05) is 19.7 Å². The van der Waals surface area contributed by atoms with Crippen LogP contribution in [0.1, 0.15) is 41.9 Å². The Kier molecular flexibility index (Phi) is 4.33. The molecule has 0 aromatic carbocycles. The third-order valence-electron chi connectivity index (χ3n) is 4.91. The zero-order valence-corrected chi connectivity index (χ0v) is 13.3. The number of halogens is 3. The van der Waals surface area contributed by atoms with Crippen molar-refractivity contribution < 1.29 is 27.8 Å². The van der Waals surface area contributed by atoms with Crippen LogP contribution >= 0.6 is 0 Å². The van der Waals surface area contributed by atoms with E-state index in [2.05, 4.69) is 5.10 Å². The first kappa shape index (κ1) is 17.2. The van der Waals surface area contributed by atoms with Crippen LogP contribution in [0, 0.1) is 0 Å². The van der Waals surface area contributed by atoms with Crippen molar-refractivity contribution in [3.05, 3.63) is 17.5 Å². The van der Waals surface area contributed by atoms with Gasteiger partial charge in [-0.2, -0.15) is 18.3 Å². The molecule has 3 rings (SSSR count). The lowest BCUT2D eigenvalue weighted by molar-refractivity contribution is -0.174. The minimum atomic E-state index is -4.58. The highest BCUT2D eigenvalue weighted by atomic mass is 19.4. The highest BCUT2D eigenvalue weighted by Crippen LogP contribution is 2.36. The number of nitrogens with zero attached hydrogens (tertiary/aromatic N) is 3. The van der Waals surface area contributed by atoms with E-state index in [0.717, 1.165) is 17.2 Å². The summed E-state index contributed by atoms with van der Waals surface area (Å²) in [4.78, 5) is 14.0. The molecule has 1 atom stereocenters. The topological polar surface area (TPSA) is 67.6 Å². The van der Waals surface area contributed by atoms with E-state index in [1.165, 1.54) is 11.9 Å². The van der Waals surface area contributed by atoms with Gasteiger partial charge in [-0.25, -0.2) is 0 Å². The van der Waals surface area contributed by atoms with Gasteiger partial charge in [0.15, 0.2) is 5.69 Å². The van der Waals surface area contributed by atoms with E-state index in [0.29, 0.717) is 39.0 Å². The van der Waals surface area contributed by atoms with Crippen molar-refractivity contribution in [3.63, 3.8) is 0 Å². The maximum absolute atomic E-state index is 12.7. The molecule has 2 aliphatic rings. The summed E-state index contributed by atoms with van der Waals surface area (Å²) in [5.74, 6) is -0.486. The Morgan fingerprint density at radius 1 is 1.42 bits per heavy atom. The zero-order valence-electron chi connectivity index (χ0n) is 13.3. The first-order chi connectivity index (χ1) is 11.2. The fraction of sp³-hybridized carbons (Fsp3) is 0.733. The van der Waals surface area contributed by atoms with E-state index in [1.54, 1.807) is 0 Å². The van der Waals surface area contributed by atoms with Crippen LogP contribution in [-0.4, -0.2) is 57.1 Å². The first-order valence-corrected chi connectivity index (χ1v) is 7.95. The molecule has 2 saturated heterocycles. The molecule has 9 heteroatoms. The van der Waals surface area contributed by atoms with Gasteiger partial charge in [-0.3, -0.25) is 9.48 Å². The molecule has 2 fully saturated rings. The first-order valence-electron chi connectivity index (χ1n) is 7.95. The highest BCUT2D eigenvalue weighted by Gasteiger charge is 2.45. The fourth-order valence-electron chi connectivity index (χ4n) is 3.45. The number of aliphatic hydroxyl groups is 1. The summed E-state index contributed by atoms with van der Waals surface area (Å²) in [7, 11) is 1.32. The van der Waals surface area contributed by atoms with Gasteiger partial charge in [0.05, 0.1) is 11.7 Å². The van der Waals surface area contributed by atoms with Crippen LogP contribution in [0.4, 0.5) is 13.2 Å². The van der Waals surface area contributed by atoms with Crippen LogP contribution < -0.4 is 0 Å². The summed E-state index contributed by atoms with van der Waals surface area (Å²) in [6, 6.07) is 0.776. The molecule has 0 bridgehead atoms. The smallest absolute Gasteiger partial charge is 0.390 e. The van der Waals surface area contributed by atoms with Crippen molar-refractivity contribution in [3.8, 4) is 0 Å². The lowest BCUT2D eigenvalue weighted by atomic mass is 9.82. The van der Waals surface area contributed by atoms with Gasteiger partial charge in [0.25, 0.3) is 5.91 Å². The number of carbonyl (C=O) groups is 1. The average molecular weight is 347 g/mol. The Morgan fingerprint density at radius 2 is 2.08 bits per heavy atom. The van der Waals surface area contributed by atoms with E-state index < -0.39 is 29.5 Å². The summed E-state index contributed by atoms with van der Waals surface area (Å²) in [6.45, 7) is 1.26. The monoisotopic (exact) mass is 347 g/mol. The van der Waals surface area contributed by atoms with Gasteiger partial charge in [-0.15, -0.1) is 0 Å². The molecule has 24 heavy (non-hydrogen) atoms. The van der Waals surface area contributed by atoms with Crippen LogP contribution in [-0.2, 0) is 18.0 Å². The minimum Gasteiger partial charge on any atom is -0.390 e. The molecule has 1 N–H and O–H groups in total. The number of ether oxygens (including phenoxy) is 1. The molecule has 1 spiro atoms. The third kappa shape index (κ3) is 3.02. The SMILES string of the molecule is Cn1nc(C(F)(F)F)cc1C(=O)N1CCC2(CC1)OCCC[C@H]2O. The van der Waals surface area contributed by atoms with Crippen LogP contribution in [0.15, 0.2) is 6.07 Å². The zero-order chi connectivity index (χ0) is 17.5. The number of hydrogen-bond acceptors (Lipinski definition) is 4. The molecule has 1 amide bonds. The molecule has 134 valence electrons. The summed E-state index contributed by atoms with van der Waals surface area (Å²) in [5, 5.41) is 13.6. The maximum atomic E-state index is 12.7. The molecule has 1 aromatic rings. The molecule has 0 radical (unpaired) electrons. The number of aromatic nitrogens is 2. The summed E-state index contributed by atoms with van der Waals surface area (Å²) in [5.41, 5.74) is -1.80. The molecule has 0 unspecified atom stereocenters. The Labute approximate surface area is 137 Å². The number of piperidine rings is 1. The number of aryl methyl sites for hydroxylation is 1. The quantitative estimate of drug-likeness (QED) is 0.838. The number of hydrogen-bond donors (Lipinski definition) is 1. The average Bonchev–Trinajstić information content (AvgIpc) is 2.93. The van der Waals surface area contributed by atoms with Gasteiger partial charge in [0, 0.05) is 32.8 Å². The highest BCUT2D eigenvalue weighted by molar-refractivity contribution is 5.92. The Bertz CT molecular complexity index is 621. The molecular weight excluding hydrogens is 327 g/mol. The number of carbonyl (C=O) groups excluding carboxylic acids is 1.